The van der Waals surface area contributed by atoms with Gasteiger partial charge in [-0.2, -0.15) is 0 Å². The Bertz CT molecular complexity index is 104. The quantitative estimate of drug-likeness (QED) is 0.582. The van der Waals surface area contributed by atoms with Crippen LogP contribution in [0.3, 0.4) is 0 Å². The molecule has 0 rings (SSSR count). The number of halogens is 3. The Morgan fingerprint density at radius 1 is 1.50 bits per heavy atom. The molecule has 48 valence electrons. The molecule has 0 amide bonds. The van der Waals surface area contributed by atoms with E-state index in [4.69, 9.17) is 5.11 Å². The van der Waals surface area contributed by atoms with E-state index in [9.17, 15) is 0 Å². The maximum Gasteiger partial charge on any atom is 0.170 e. The highest BCUT2D eigenvalue weighted by atomic mass is 79.9. The molecule has 0 saturated heterocycles. The molecule has 0 aromatic heterocycles. The Morgan fingerprint density at radius 2 is 1.88 bits per heavy atom. The van der Waals surface area contributed by atoms with Crippen LogP contribution in [0.1, 0.15) is 6.92 Å². The van der Waals surface area contributed by atoms with E-state index in [1.165, 1.54) is 0 Å². The van der Waals surface area contributed by atoms with E-state index in [0.717, 1.165) is 4.48 Å². The van der Waals surface area contributed by atoms with Crippen LogP contribution in [0.2, 0.25) is 0 Å². The minimum Gasteiger partial charge on any atom is -0.501 e. The summed E-state index contributed by atoms with van der Waals surface area (Å²) in [5, 5.41) is 8.71. The van der Waals surface area contributed by atoms with Gasteiger partial charge in [0.2, 0.25) is 0 Å². The van der Waals surface area contributed by atoms with Gasteiger partial charge in [-0.25, -0.2) is 0 Å². The first kappa shape index (κ1) is 8.98. The van der Waals surface area contributed by atoms with Gasteiger partial charge in [0.25, 0.3) is 0 Å². The summed E-state index contributed by atoms with van der Waals surface area (Å²) in [5.74, 6) is 0. The fraction of sp³-hybridized carbons (Fsp3) is 0.500. The lowest BCUT2D eigenvalue weighted by atomic mass is 10.5. The minimum atomic E-state index is 0.141. The van der Waals surface area contributed by atoms with Gasteiger partial charge in [0, 0.05) is 4.83 Å². The maximum atomic E-state index is 8.71. The second-order valence-corrected chi connectivity index (χ2v) is 4.23. The van der Waals surface area contributed by atoms with Gasteiger partial charge >= 0.3 is 0 Å². The lowest BCUT2D eigenvalue weighted by molar-refractivity contribution is 0.457. The minimum absolute atomic E-state index is 0.141. The third-order valence-electron chi connectivity index (χ3n) is 0.546. The Hall–Kier alpha value is 0.980. The smallest absolute Gasteiger partial charge is 0.170 e. The Balaban J connectivity index is 4.00. The van der Waals surface area contributed by atoms with Crippen LogP contribution < -0.4 is 0 Å². The summed E-state index contributed by atoms with van der Waals surface area (Å²) in [6.07, 6.45) is 0. The number of hydrogen-bond donors (Lipinski definition) is 1. The molecule has 0 saturated carbocycles. The molecule has 1 N–H and O–H groups in total. The van der Waals surface area contributed by atoms with Crippen LogP contribution in [-0.2, 0) is 0 Å². The SMILES string of the molecule is CC(Br)C(Br)=C(O)Br. The van der Waals surface area contributed by atoms with Crippen LogP contribution in [0.4, 0.5) is 0 Å². The zero-order valence-corrected chi connectivity index (χ0v) is 8.92. The van der Waals surface area contributed by atoms with Crippen molar-refractivity contribution in [2.45, 2.75) is 11.8 Å². The molecule has 0 heterocycles. The average Bonchev–Trinajstić information content (AvgIpc) is 1.64. The largest absolute Gasteiger partial charge is 0.501 e. The van der Waals surface area contributed by atoms with Crippen molar-refractivity contribution in [3.05, 3.63) is 9.15 Å². The predicted octanol–water partition coefficient (Wildman–Crippen LogP) is 3.29. The molecule has 0 spiro atoms. The molecule has 0 aliphatic carbocycles. The third kappa shape index (κ3) is 3.10. The Labute approximate surface area is 73.5 Å². The van der Waals surface area contributed by atoms with Crippen LogP contribution in [0.25, 0.3) is 0 Å². The molecule has 1 atom stereocenters. The second-order valence-electron chi connectivity index (χ2n) is 1.25. The Kier molecular flexibility index (Phi) is 4.38. The number of rotatable bonds is 1. The first-order valence-corrected chi connectivity index (χ1v) is 4.44. The first-order chi connectivity index (χ1) is 3.55. The van der Waals surface area contributed by atoms with Crippen molar-refractivity contribution in [3.63, 3.8) is 0 Å². The normalized spacial score (nSPS) is 17.5. The zero-order chi connectivity index (χ0) is 6.73. The van der Waals surface area contributed by atoms with Crippen molar-refractivity contribution < 1.29 is 5.11 Å². The molecule has 0 radical (unpaired) electrons. The highest BCUT2D eigenvalue weighted by Gasteiger charge is 2.03. The summed E-state index contributed by atoms with van der Waals surface area (Å²) >= 11 is 9.29. The molecular weight excluding hydrogens is 304 g/mol. The third-order valence-corrected chi connectivity index (χ3v) is 3.64. The summed E-state index contributed by atoms with van der Waals surface area (Å²) in [6.45, 7) is 1.90. The lowest BCUT2D eigenvalue weighted by Gasteiger charge is -1.98. The zero-order valence-electron chi connectivity index (χ0n) is 4.16. The molecule has 0 aliphatic rings. The van der Waals surface area contributed by atoms with Crippen LogP contribution in [0, 0.1) is 0 Å². The monoisotopic (exact) mass is 306 g/mol. The number of allylic oxidation sites excluding steroid dienone is 1. The van der Waals surface area contributed by atoms with E-state index in [2.05, 4.69) is 47.8 Å². The molecule has 4 heteroatoms. The molecule has 0 aliphatic heterocycles. The van der Waals surface area contributed by atoms with E-state index in [1.54, 1.807) is 0 Å². The van der Waals surface area contributed by atoms with Gasteiger partial charge in [-0.15, -0.1) is 0 Å². The van der Waals surface area contributed by atoms with E-state index < -0.39 is 0 Å². The van der Waals surface area contributed by atoms with Crippen molar-refractivity contribution >= 4 is 47.8 Å². The number of aliphatic hydroxyl groups excluding tert-OH is 1. The molecule has 0 aromatic rings. The van der Waals surface area contributed by atoms with Crippen LogP contribution >= 0.6 is 47.8 Å². The van der Waals surface area contributed by atoms with Crippen molar-refractivity contribution in [2.24, 2.45) is 0 Å². The van der Waals surface area contributed by atoms with E-state index in [1.807, 2.05) is 6.92 Å². The summed E-state index contributed by atoms with van der Waals surface area (Å²) in [4.78, 5) is 0.155. The van der Waals surface area contributed by atoms with Crippen molar-refractivity contribution in [3.8, 4) is 0 Å². The fourth-order valence-electron chi connectivity index (χ4n) is 0.164. The standard InChI is InChI=1S/C4H5Br3O/c1-2(5)3(6)4(7)8/h2,8H,1H3. The maximum absolute atomic E-state index is 8.71. The molecule has 0 aromatic carbocycles. The fourth-order valence-corrected chi connectivity index (χ4v) is 1.03. The van der Waals surface area contributed by atoms with Crippen LogP contribution in [0.5, 0.6) is 0 Å². The van der Waals surface area contributed by atoms with E-state index >= 15 is 0 Å². The highest BCUT2D eigenvalue weighted by Crippen LogP contribution is 2.23. The topological polar surface area (TPSA) is 20.2 Å². The van der Waals surface area contributed by atoms with Gasteiger partial charge < -0.3 is 5.11 Å². The van der Waals surface area contributed by atoms with Crippen LogP contribution in [-0.4, -0.2) is 9.93 Å². The van der Waals surface area contributed by atoms with Crippen LogP contribution in [0.15, 0.2) is 9.15 Å². The van der Waals surface area contributed by atoms with Gasteiger partial charge in [0.15, 0.2) is 4.67 Å². The van der Waals surface area contributed by atoms with Gasteiger partial charge in [-0.1, -0.05) is 15.9 Å². The predicted molar refractivity (Wildman–Crippen MR) is 45.9 cm³/mol. The lowest BCUT2D eigenvalue weighted by Crippen LogP contribution is -1.89. The first-order valence-electron chi connectivity index (χ1n) is 1.94. The summed E-state index contributed by atoms with van der Waals surface area (Å²) in [7, 11) is 0. The van der Waals surface area contributed by atoms with Gasteiger partial charge in [0.1, 0.15) is 0 Å². The molecule has 8 heavy (non-hydrogen) atoms. The molecule has 0 bridgehead atoms. The van der Waals surface area contributed by atoms with Gasteiger partial charge in [-0.05, 0) is 38.8 Å². The highest BCUT2D eigenvalue weighted by molar-refractivity contribution is 9.15. The number of aliphatic hydroxyl groups is 1. The summed E-state index contributed by atoms with van der Waals surface area (Å²) in [6, 6.07) is 0. The molecular formula is C4H5Br3O. The van der Waals surface area contributed by atoms with Gasteiger partial charge in [-0.3, -0.25) is 0 Å². The molecule has 1 nitrogen and oxygen atoms in total. The number of hydrogen-bond acceptors (Lipinski definition) is 1. The van der Waals surface area contributed by atoms with Crippen molar-refractivity contribution in [1.29, 1.82) is 0 Å². The average molecular weight is 309 g/mol. The van der Waals surface area contributed by atoms with Gasteiger partial charge in [0.05, 0.1) is 4.48 Å². The summed E-state index contributed by atoms with van der Waals surface area (Å²) < 4.78 is 0.861. The van der Waals surface area contributed by atoms with E-state index in [0.29, 0.717) is 0 Å². The van der Waals surface area contributed by atoms with Crippen molar-refractivity contribution in [2.75, 3.05) is 0 Å². The number of alkyl halides is 1. The molecule has 1 unspecified atom stereocenters. The summed E-state index contributed by atoms with van der Waals surface area (Å²) in [5.41, 5.74) is 0. The van der Waals surface area contributed by atoms with E-state index in [-0.39, 0.29) is 9.50 Å². The molecule has 0 fully saturated rings. The Morgan fingerprint density at radius 3 is 1.88 bits per heavy atom. The second kappa shape index (κ2) is 3.90. The van der Waals surface area contributed by atoms with Crippen molar-refractivity contribution in [1.82, 2.24) is 0 Å².